The summed E-state index contributed by atoms with van der Waals surface area (Å²) in [7, 11) is 4.62. The molecule has 3 aromatic rings. The number of ether oxygens (including phenoxy) is 3. The highest BCUT2D eigenvalue weighted by Crippen LogP contribution is 2.41. The van der Waals surface area contributed by atoms with E-state index >= 15 is 0 Å². The third-order valence-electron chi connectivity index (χ3n) is 6.17. The molecule has 0 radical (unpaired) electrons. The zero-order valence-corrected chi connectivity index (χ0v) is 19.7. The Bertz CT molecular complexity index is 1180. The maximum atomic E-state index is 13.2. The lowest BCUT2D eigenvalue weighted by Gasteiger charge is -2.29. The molecule has 1 aliphatic rings. The molecule has 10 heteroatoms. The van der Waals surface area contributed by atoms with Gasteiger partial charge in [-0.15, -0.1) is 0 Å². The van der Waals surface area contributed by atoms with Gasteiger partial charge in [0.25, 0.3) is 5.91 Å². The highest BCUT2D eigenvalue weighted by Gasteiger charge is 2.29. The number of piperidine rings is 1. The van der Waals surface area contributed by atoms with Gasteiger partial charge >= 0.3 is 0 Å². The summed E-state index contributed by atoms with van der Waals surface area (Å²) in [5.41, 5.74) is 2.44. The van der Waals surface area contributed by atoms with Crippen LogP contribution < -0.4 is 24.8 Å². The second-order valence-corrected chi connectivity index (χ2v) is 8.22. The fourth-order valence-corrected chi connectivity index (χ4v) is 4.38. The van der Waals surface area contributed by atoms with Crippen molar-refractivity contribution in [1.29, 1.82) is 0 Å². The van der Waals surface area contributed by atoms with Crippen molar-refractivity contribution in [3.8, 4) is 28.5 Å². The van der Waals surface area contributed by atoms with Crippen molar-refractivity contribution in [2.45, 2.75) is 25.8 Å². The van der Waals surface area contributed by atoms with Gasteiger partial charge in [-0.05, 0) is 50.9 Å². The lowest BCUT2D eigenvalue weighted by Crippen LogP contribution is -2.48. The molecular formula is C24H29N5O5. The van der Waals surface area contributed by atoms with Crippen LogP contribution in [0.5, 0.6) is 17.2 Å². The van der Waals surface area contributed by atoms with Crippen molar-refractivity contribution in [2.24, 2.45) is 5.92 Å². The van der Waals surface area contributed by atoms with Gasteiger partial charge in [-0.1, -0.05) is 0 Å². The number of aromatic amines is 1. The molecule has 1 atom stereocenters. The van der Waals surface area contributed by atoms with Gasteiger partial charge in [0.15, 0.2) is 22.9 Å². The van der Waals surface area contributed by atoms with Gasteiger partial charge in [-0.3, -0.25) is 9.59 Å². The van der Waals surface area contributed by atoms with E-state index in [4.69, 9.17) is 19.2 Å². The largest absolute Gasteiger partial charge is 0.493 e. The molecule has 2 aromatic heterocycles. The fraction of sp³-hybridized carbons (Fsp3) is 0.417. The molecule has 0 bridgehead atoms. The van der Waals surface area contributed by atoms with Crippen LogP contribution in [-0.2, 0) is 4.79 Å². The number of aromatic nitrogens is 3. The van der Waals surface area contributed by atoms with Gasteiger partial charge in [0.1, 0.15) is 5.52 Å². The molecule has 10 nitrogen and oxygen atoms in total. The zero-order valence-electron chi connectivity index (χ0n) is 19.7. The number of carbonyl (C=O) groups excluding carboxylic acids is 2. The summed E-state index contributed by atoms with van der Waals surface area (Å²) in [6.07, 6.45) is 4.85. The number of amides is 1. The zero-order chi connectivity index (χ0) is 24.2. The first-order valence-electron chi connectivity index (χ1n) is 11.1. The summed E-state index contributed by atoms with van der Waals surface area (Å²) < 4.78 is 16.3. The van der Waals surface area contributed by atoms with Gasteiger partial charge in [0, 0.05) is 11.8 Å². The number of carbonyl (C=O) groups is 2. The number of nitrogens with one attached hydrogen (secondary N) is 3. The van der Waals surface area contributed by atoms with Gasteiger partial charge in [-0.2, -0.15) is 0 Å². The maximum Gasteiger partial charge on any atom is 0.255 e. The molecule has 4 rings (SSSR count). The normalized spacial score (nSPS) is 15.1. The molecule has 3 N–H and O–H groups in total. The van der Waals surface area contributed by atoms with Crippen molar-refractivity contribution < 1.29 is 23.8 Å². The minimum Gasteiger partial charge on any atom is -0.493 e. The predicted molar refractivity (Wildman–Crippen MR) is 127 cm³/mol. The third-order valence-corrected chi connectivity index (χ3v) is 6.17. The Morgan fingerprint density at radius 1 is 1.09 bits per heavy atom. The topological polar surface area (TPSA) is 127 Å². The summed E-state index contributed by atoms with van der Waals surface area (Å²) in [5.74, 6) is 1.13. The van der Waals surface area contributed by atoms with Gasteiger partial charge in [0.05, 0.1) is 44.8 Å². The van der Waals surface area contributed by atoms with Gasteiger partial charge in [0.2, 0.25) is 5.75 Å². The summed E-state index contributed by atoms with van der Waals surface area (Å²) in [6.45, 7) is 3.19. The molecule has 1 aliphatic heterocycles. The third kappa shape index (κ3) is 4.54. The molecular weight excluding hydrogens is 438 g/mol. The molecule has 1 fully saturated rings. The van der Waals surface area contributed by atoms with E-state index in [9.17, 15) is 9.59 Å². The number of fused-ring (bicyclic) bond motifs is 1. The van der Waals surface area contributed by atoms with Gasteiger partial charge in [-0.25, -0.2) is 9.97 Å². The second-order valence-electron chi connectivity index (χ2n) is 8.22. The van der Waals surface area contributed by atoms with Crippen LogP contribution >= 0.6 is 0 Å². The van der Waals surface area contributed by atoms with Crippen LogP contribution in [0.4, 0.5) is 0 Å². The number of H-pyrrole nitrogens is 1. The molecule has 0 spiro atoms. The predicted octanol–water partition coefficient (Wildman–Crippen LogP) is 2.34. The molecule has 3 heterocycles. The standard InChI is InChI=1S/C24H29N5O5/c1-13(30)20(14-5-7-25-8-6-14)29-24(31)16-11-26-23-21(16)28-17(12-27-23)15-9-18(32-2)22(34-4)19(10-15)33-3/h9-12,14,20,25H,5-8H2,1-4H3,(H,26,27)(H,29,31). The van der Waals surface area contributed by atoms with Crippen molar-refractivity contribution in [3.05, 3.63) is 30.1 Å². The number of hydrogen-bond acceptors (Lipinski definition) is 8. The van der Waals surface area contributed by atoms with E-state index < -0.39 is 6.04 Å². The molecule has 1 aromatic carbocycles. The van der Waals surface area contributed by atoms with E-state index in [2.05, 4.69) is 20.6 Å². The first-order chi connectivity index (χ1) is 16.5. The Morgan fingerprint density at radius 3 is 2.35 bits per heavy atom. The lowest BCUT2D eigenvalue weighted by molar-refractivity contribution is -0.120. The first-order valence-corrected chi connectivity index (χ1v) is 11.1. The number of hydrogen-bond donors (Lipinski definition) is 3. The average molecular weight is 468 g/mol. The monoisotopic (exact) mass is 467 g/mol. The van der Waals surface area contributed by atoms with E-state index in [1.165, 1.54) is 14.0 Å². The van der Waals surface area contributed by atoms with Crippen molar-refractivity contribution in [3.63, 3.8) is 0 Å². The minimum atomic E-state index is -0.536. The van der Waals surface area contributed by atoms with Crippen molar-refractivity contribution in [1.82, 2.24) is 25.6 Å². The SMILES string of the molecule is COc1cc(-c2cnc3[nH]cc(C(=O)NC(C(C)=O)C4CCNCC4)c3n2)cc(OC)c1OC. The molecule has 180 valence electrons. The fourth-order valence-electron chi connectivity index (χ4n) is 4.38. The van der Waals surface area contributed by atoms with Crippen LogP contribution in [0.25, 0.3) is 22.4 Å². The number of Topliss-reactive ketones (excluding diaryl/α,β-unsaturated/α-hetero) is 1. The molecule has 0 saturated carbocycles. The molecule has 1 unspecified atom stereocenters. The Labute approximate surface area is 197 Å². The number of nitrogens with zero attached hydrogens (tertiary/aromatic N) is 2. The molecule has 0 aliphatic carbocycles. The smallest absolute Gasteiger partial charge is 0.255 e. The Morgan fingerprint density at radius 2 is 1.76 bits per heavy atom. The van der Waals surface area contributed by atoms with E-state index in [0.29, 0.717) is 45.2 Å². The quantitative estimate of drug-likeness (QED) is 0.461. The van der Waals surface area contributed by atoms with E-state index in [0.717, 1.165) is 25.9 Å². The summed E-state index contributed by atoms with van der Waals surface area (Å²) in [5, 5.41) is 6.22. The Balaban J connectivity index is 1.68. The number of methoxy groups -OCH3 is 3. The highest BCUT2D eigenvalue weighted by molar-refractivity contribution is 6.06. The molecule has 34 heavy (non-hydrogen) atoms. The van der Waals surface area contributed by atoms with Crippen LogP contribution in [0.2, 0.25) is 0 Å². The molecule has 1 saturated heterocycles. The number of ketones is 1. The van der Waals surface area contributed by atoms with Crippen LogP contribution in [0, 0.1) is 5.92 Å². The average Bonchev–Trinajstić information content (AvgIpc) is 3.30. The Kier molecular flexibility index (Phi) is 6.97. The van der Waals surface area contributed by atoms with Crippen LogP contribution in [0.3, 0.4) is 0 Å². The summed E-state index contributed by atoms with van der Waals surface area (Å²) in [6, 6.07) is 3.00. The molecule has 1 amide bonds. The van der Waals surface area contributed by atoms with E-state index in [1.54, 1.807) is 38.7 Å². The Hall–Kier alpha value is -3.66. The van der Waals surface area contributed by atoms with Crippen LogP contribution in [0.15, 0.2) is 24.5 Å². The maximum absolute atomic E-state index is 13.2. The van der Waals surface area contributed by atoms with E-state index in [-0.39, 0.29) is 17.6 Å². The van der Waals surface area contributed by atoms with Crippen molar-refractivity contribution >= 4 is 22.9 Å². The summed E-state index contributed by atoms with van der Waals surface area (Å²) in [4.78, 5) is 37.6. The second kappa shape index (κ2) is 10.1. The number of benzene rings is 1. The first kappa shape index (κ1) is 23.5. The van der Waals surface area contributed by atoms with Crippen LogP contribution in [0.1, 0.15) is 30.1 Å². The number of rotatable bonds is 8. The van der Waals surface area contributed by atoms with Gasteiger partial charge < -0.3 is 29.8 Å². The van der Waals surface area contributed by atoms with E-state index in [1.807, 2.05) is 0 Å². The highest BCUT2D eigenvalue weighted by atomic mass is 16.5. The lowest BCUT2D eigenvalue weighted by atomic mass is 9.88. The van der Waals surface area contributed by atoms with Crippen LogP contribution in [-0.4, -0.2) is 67.1 Å². The summed E-state index contributed by atoms with van der Waals surface area (Å²) >= 11 is 0. The van der Waals surface area contributed by atoms with Crippen molar-refractivity contribution in [2.75, 3.05) is 34.4 Å². The minimum absolute atomic E-state index is 0.0516.